The number of halogens is 8. The maximum absolute atomic E-state index is 13.2. The smallest absolute Gasteiger partial charge is 0.375 e. The van der Waals surface area contributed by atoms with Gasteiger partial charge in [-0.1, -0.05) is 23.2 Å². The van der Waals surface area contributed by atoms with Gasteiger partial charge in [0.05, 0.1) is 15.6 Å². The van der Waals surface area contributed by atoms with Crippen LogP contribution < -0.4 is 5.32 Å². The van der Waals surface area contributed by atoms with Crippen molar-refractivity contribution in [2.45, 2.75) is 16.6 Å². The van der Waals surface area contributed by atoms with E-state index >= 15 is 0 Å². The molecule has 1 heterocycles. The summed E-state index contributed by atoms with van der Waals surface area (Å²) in [5.74, 6) is -2.42. The molecule has 2 rings (SSSR count). The number of nitrogens with zero attached hydrogens (tertiary/aromatic N) is 3. The molecular weight excluding hydrogens is 517 g/mol. The third kappa shape index (κ3) is 4.77. The van der Waals surface area contributed by atoms with Gasteiger partial charge in [-0.25, -0.2) is 13.1 Å². The van der Waals surface area contributed by atoms with Gasteiger partial charge in [-0.3, -0.25) is 4.79 Å². The summed E-state index contributed by atoms with van der Waals surface area (Å²) >= 11 is 11.6. The molecule has 0 unspecified atom stereocenters. The summed E-state index contributed by atoms with van der Waals surface area (Å²) in [6.45, 7) is -0.771. The fourth-order valence-corrected chi connectivity index (χ4v) is 3.96. The van der Waals surface area contributed by atoms with Crippen molar-refractivity contribution in [1.82, 2.24) is 9.78 Å². The Morgan fingerprint density at radius 2 is 1.75 bits per heavy atom. The van der Waals surface area contributed by atoms with Crippen molar-refractivity contribution in [2.24, 2.45) is 0 Å². The highest BCUT2D eigenvalue weighted by Gasteiger charge is 2.51. The van der Waals surface area contributed by atoms with Crippen LogP contribution in [-0.2, 0) is 25.5 Å². The zero-order chi connectivity index (χ0) is 24.6. The molecule has 0 aliphatic carbocycles. The number of aromatic nitrogens is 2. The van der Waals surface area contributed by atoms with E-state index < -0.39 is 71.7 Å². The van der Waals surface area contributed by atoms with Crippen LogP contribution in [0.15, 0.2) is 17.0 Å². The zero-order valence-electron chi connectivity index (χ0n) is 15.3. The average Bonchev–Trinajstić information content (AvgIpc) is 2.98. The summed E-state index contributed by atoms with van der Waals surface area (Å²) in [5.41, 5.74) is -9.32. The highest BCUT2D eigenvalue weighted by atomic mass is 35.5. The average molecular weight is 525 g/mol. The van der Waals surface area contributed by atoms with Crippen LogP contribution in [0.3, 0.4) is 0 Å². The molecule has 0 saturated heterocycles. The zero-order valence-corrected chi connectivity index (χ0v) is 17.6. The maximum Gasteiger partial charge on any atom is 0.502 e. The van der Waals surface area contributed by atoms with Crippen molar-refractivity contribution in [3.63, 3.8) is 0 Å². The van der Waals surface area contributed by atoms with Gasteiger partial charge in [0.15, 0.2) is 16.4 Å². The van der Waals surface area contributed by atoms with Gasteiger partial charge in [-0.2, -0.15) is 36.7 Å². The van der Waals surface area contributed by atoms with Crippen LogP contribution in [0.4, 0.5) is 32.2 Å². The Kier molecular flexibility index (Phi) is 7.05. The number of carbonyl (C=O) groups is 1. The number of methoxy groups -OCH3 is 1. The first-order valence-electron chi connectivity index (χ1n) is 7.76. The Bertz CT molecular complexity index is 1200. The van der Waals surface area contributed by atoms with Crippen molar-refractivity contribution in [3.05, 3.63) is 33.4 Å². The first-order chi connectivity index (χ1) is 14.6. The molecule has 17 heteroatoms. The van der Waals surface area contributed by atoms with Gasteiger partial charge in [0.25, 0.3) is 15.7 Å². The second kappa shape index (κ2) is 8.77. The highest BCUT2D eigenvalue weighted by molar-refractivity contribution is 7.92. The summed E-state index contributed by atoms with van der Waals surface area (Å²) in [4.78, 5) is 10.2. The van der Waals surface area contributed by atoms with Crippen molar-refractivity contribution in [1.29, 1.82) is 5.26 Å². The van der Waals surface area contributed by atoms with Gasteiger partial charge in [0.2, 0.25) is 0 Å². The minimum absolute atomic E-state index is 0.218. The van der Waals surface area contributed by atoms with E-state index in [2.05, 4.69) is 9.84 Å². The highest BCUT2D eigenvalue weighted by Crippen LogP contribution is 2.42. The summed E-state index contributed by atoms with van der Waals surface area (Å²) in [7, 11) is -5.25. The molecule has 0 radical (unpaired) electrons. The molecule has 0 saturated carbocycles. The van der Waals surface area contributed by atoms with Crippen LogP contribution in [0.5, 0.6) is 0 Å². The number of sulfone groups is 1. The number of benzene rings is 1. The molecule has 1 N–H and O–H groups in total. The fraction of sp³-hybridized carbons (Fsp3) is 0.267. The van der Waals surface area contributed by atoms with E-state index in [1.807, 2.05) is 0 Å². The van der Waals surface area contributed by atoms with Crippen LogP contribution >= 0.6 is 23.2 Å². The first kappa shape index (κ1) is 25.7. The summed E-state index contributed by atoms with van der Waals surface area (Å²) < 4.78 is 107. The number of alkyl halides is 6. The van der Waals surface area contributed by atoms with E-state index in [0.717, 1.165) is 13.2 Å². The van der Waals surface area contributed by atoms with E-state index in [1.54, 1.807) is 5.32 Å². The molecule has 0 fully saturated rings. The van der Waals surface area contributed by atoms with Gasteiger partial charge >= 0.3 is 11.7 Å². The summed E-state index contributed by atoms with van der Waals surface area (Å²) in [6.07, 6.45) is -4.91. The van der Waals surface area contributed by atoms with Crippen LogP contribution in [0.2, 0.25) is 10.0 Å². The number of rotatable bonds is 5. The number of hydrogen-bond acceptors (Lipinski definition) is 6. The van der Waals surface area contributed by atoms with Gasteiger partial charge < -0.3 is 10.1 Å². The predicted octanol–water partition coefficient (Wildman–Crippen LogP) is 3.95. The molecule has 0 aliphatic rings. The van der Waals surface area contributed by atoms with E-state index in [1.165, 1.54) is 0 Å². The van der Waals surface area contributed by atoms with E-state index in [-0.39, 0.29) is 4.68 Å². The van der Waals surface area contributed by atoms with Gasteiger partial charge in [0, 0.05) is 7.11 Å². The first-order valence-corrected chi connectivity index (χ1v) is 10.00. The lowest BCUT2D eigenvalue weighted by molar-refractivity contribution is -0.137. The minimum atomic E-state index is -6.28. The van der Waals surface area contributed by atoms with Gasteiger partial charge in [-0.05, 0) is 12.1 Å². The Labute approximate surface area is 185 Å². The quantitative estimate of drug-likeness (QED) is 0.592. The molecule has 174 valence electrons. The maximum atomic E-state index is 13.2. The van der Waals surface area contributed by atoms with Crippen molar-refractivity contribution in [3.8, 4) is 11.8 Å². The number of amides is 1. The fourth-order valence-electron chi connectivity index (χ4n) is 2.35. The molecule has 8 nitrogen and oxygen atoms in total. The van der Waals surface area contributed by atoms with E-state index in [9.17, 15) is 39.6 Å². The Morgan fingerprint density at radius 3 is 2.16 bits per heavy atom. The van der Waals surface area contributed by atoms with Crippen molar-refractivity contribution in [2.75, 3.05) is 19.0 Å². The van der Waals surface area contributed by atoms with Crippen LogP contribution in [0.25, 0.3) is 5.69 Å². The lowest BCUT2D eigenvalue weighted by Gasteiger charge is -2.16. The Balaban J connectivity index is 2.94. The minimum Gasteiger partial charge on any atom is -0.375 e. The second-order valence-electron chi connectivity index (χ2n) is 5.77. The van der Waals surface area contributed by atoms with Crippen molar-refractivity contribution < 1.29 is 44.3 Å². The SMILES string of the molecule is COCC(=O)Nc1c(S(=O)(=O)C(F)(F)F)c(C#N)nn1-c1c(Cl)cc(C(F)(F)F)cc1Cl. The number of nitrogens with one attached hydrogen (secondary N) is 1. The van der Waals surface area contributed by atoms with Crippen molar-refractivity contribution >= 4 is 44.8 Å². The molecule has 0 spiro atoms. The molecule has 1 amide bonds. The van der Waals surface area contributed by atoms with Crippen LogP contribution in [0, 0.1) is 11.3 Å². The molecule has 32 heavy (non-hydrogen) atoms. The molecule has 1 aromatic carbocycles. The molecule has 0 aliphatic heterocycles. The predicted molar refractivity (Wildman–Crippen MR) is 97.0 cm³/mol. The number of ether oxygens (including phenoxy) is 1. The van der Waals surface area contributed by atoms with E-state index in [0.29, 0.717) is 12.1 Å². The third-order valence-corrected chi connectivity index (χ3v) is 5.72. The largest absolute Gasteiger partial charge is 0.502 e. The third-order valence-electron chi connectivity index (χ3n) is 3.61. The lowest BCUT2D eigenvalue weighted by atomic mass is 10.2. The standard InChI is InChI=1S/C15H8Cl2F6N4O4S/c1-31-5-10(28)25-13-12(32(29,30)15(21,22)23)9(4-24)26-27(13)11-7(16)2-6(3-8(11)17)14(18,19)20/h2-3H,5H2,1H3,(H,25,28). The van der Waals surface area contributed by atoms with E-state index in [4.69, 9.17) is 28.5 Å². The second-order valence-corrected chi connectivity index (χ2v) is 8.46. The Hall–Kier alpha value is -2.54. The van der Waals surface area contributed by atoms with Crippen LogP contribution in [-0.4, -0.2) is 43.3 Å². The monoisotopic (exact) mass is 524 g/mol. The number of hydrogen-bond donors (Lipinski definition) is 1. The molecule has 2 aromatic rings. The Morgan fingerprint density at radius 1 is 1.22 bits per heavy atom. The molecule has 0 atom stereocenters. The topological polar surface area (TPSA) is 114 Å². The summed E-state index contributed by atoms with van der Waals surface area (Å²) in [6, 6.07) is 1.81. The molecule has 1 aromatic heterocycles. The van der Waals surface area contributed by atoms with Gasteiger partial charge in [-0.15, -0.1) is 0 Å². The molecule has 0 bridgehead atoms. The normalized spacial score (nSPS) is 12.5. The number of carbonyl (C=O) groups excluding carboxylic acids is 1. The lowest BCUT2D eigenvalue weighted by Crippen LogP contribution is -2.26. The molecular formula is C15H8Cl2F6N4O4S. The van der Waals surface area contributed by atoms with Crippen LogP contribution in [0.1, 0.15) is 11.3 Å². The number of nitriles is 1. The number of anilines is 1. The van der Waals surface area contributed by atoms with Gasteiger partial charge in [0.1, 0.15) is 18.4 Å². The summed E-state index contributed by atoms with van der Waals surface area (Å²) in [5, 5.41) is 12.7.